The second-order valence-corrected chi connectivity index (χ2v) is 7.08. The van der Waals surface area contributed by atoms with Gasteiger partial charge in [-0.3, -0.25) is 4.79 Å². The summed E-state index contributed by atoms with van der Waals surface area (Å²) < 4.78 is 7.20. The zero-order valence-corrected chi connectivity index (χ0v) is 15.2. The van der Waals surface area contributed by atoms with Gasteiger partial charge in [0.2, 0.25) is 0 Å². The molecule has 2 aromatic carbocycles. The molecule has 0 bridgehead atoms. The highest BCUT2D eigenvalue weighted by Gasteiger charge is 2.30. The highest BCUT2D eigenvalue weighted by Crippen LogP contribution is 2.31. The Morgan fingerprint density at radius 3 is 2.17 bits per heavy atom. The first-order valence-electron chi connectivity index (χ1n) is 7.56. The quantitative estimate of drug-likeness (QED) is 0.616. The number of hydrogen-bond acceptors (Lipinski definition) is 2. The lowest BCUT2D eigenvalue weighted by atomic mass is 9.94. The van der Waals surface area contributed by atoms with Crippen LogP contribution in [0.5, 0.6) is 0 Å². The van der Waals surface area contributed by atoms with Gasteiger partial charge in [0, 0.05) is 10.0 Å². The van der Waals surface area contributed by atoms with Crippen LogP contribution in [-0.2, 0) is 5.54 Å². The molecule has 0 amide bonds. The summed E-state index contributed by atoms with van der Waals surface area (Å²) in [5, 5.41) is 1.04. The van der Waals surface area contributed by atoms with E-state index in [9.17, 15) is 4.79 Å². The van der Waals surface area contributed by atoms with Crippen LogP contribution in [0.4, 0.5) is 0 Å². The van der Waals surface area contributed by atoms with E-state index in [1.54, 1.807) is 25.1 Å². The molecule has 0 aliphatic rings. The molecule has 0 fully saturated rings. The fourth-order valence-electron chi connectivity index (χ4n) is 2.80. The Morgan fingerprint density at radius 1 is 1.00 bits per heavy atom. The van der Waals surface area contributed by atoms with Crippen LogP contribution >= 0.6 is 23.2 Å². The minimum absolute atomic E-state index is 0.181. The third-order valence-corrected chi connectivity index (χ3v) is 4.55. The molecule has 0 unspecified atom stereocenters. The lowest BCUT2D eigenvalue weighted by molar-refractivity contribution is 0.166. The fourth-order valence-corrected chi connectivity index (χ4v) is 3.33. The first-order valence-corrected chi connectivity index (χ1v) is 8.31. The van der Waals surface area contributed by atoms with Crippen LogP contribution in [0.15, 0.2) is 57.8 Å². The molecule has 3 nitrogen and oxygen atoms in total. The van der Waals surface area contributed by atoms with Crippen molar-refractivity contribution in [3.05, 3.63) is 80.3 Å². The lowest BCUT2D eigenvalue weighted by Crippen LogP contribution is -2.35. The van der Waals surface area contributed by atoms with Gasteiger partial charge >= 0.3 is 0 Å². The Kier molecular flexibility index (Phi) is 4.33. The maximum atomic E-state index is 13.0. The molecular weight excluding hydrogens is 345 g/mol. The van der Waals surface area contributed by atoms with Crippen molar-refractivity contribution in [2.45, 2.75) is 26.3 Å². The number of halogens is 2. The van der Waals surface area contributed by atoms with Gasteiger partial charge in [0.1, 0.15) is 11.3 Å². The van der Waals surface area contributed by atoms with Gasteiger partial charge in [0.15, 0.2) is 0 Å². The first-order chi connectivity index (χ1) is 11.3. The molecule has 0 N–H and O–H groups in total. The predicted molar refractivity (Wildman–Crippen MR) is 98.0 cm³/mol. The van der Waals surface area contributed by atoms with Gasteiger partial charge in [0.25, 0.3) is 5.56 Å². The predicted octanol–water partition coefficient (Wildman–Crippen LogP) is 5.51. The Balaban J connectivity index is 2.18. The van der Waals surface area contributed by atoms with E-state index in [2.05, 4.69) is 0 Å². The minimum Gasteiger partial charge on any atom is -0.380 e. The molecule has 0 radical (unpaired) electrons. The van der Waals surface area contributed by atoms with Gasteiger partial charge < -0.3 is 4.52 Å². The zero-order valence-electron chi connectivity index (χ0n) is 13.6. The van der Waals surface area contributed by atoms with Crippen LogP contribution in [0.2, 0.25) is 10.0 Å². The molecule has 3 rings (SSSR count). The fraction of sp³-hybridized carbons (Fsp3) is 0.211. The van der Waals surface area contributed by atoms with Crippen molar-refractivity contribution in [2.75, 3.05) is 0 Å². The number of benzene rings is 2. The van der Waals surface area contributed by atoms with Crippen LogP contribution < -0.4 is 5.56 Å². The average Bonchev–Trinajstić information content (AvgIpc) is 2.82. The van der Waals surface area contributed by atoms with E-state index in [-0.39, 0.29) is 5.56 Å². The van der Waals surface area contributed by atoms with Crippen LogP contribution in [-0.4, -0.2) is 4.74 Å². The molecular formula is C19H17Cl2NO2. The van der Waals surface area contributed by atoms with Crippen molar-refractivity contribution in [1.29, 1.82) is 0 Å². The SMILES string of the molecule is Cc1on(C(C)(C)c2cc(Cl)cc(Cl)c2)c(=O)c1-c1ccccc1. The molecule has 5 heteroatoms. The number of aromatic nitrogens is 1. The van der Waals surface area contributed by atoms with Gasteiger partial charge in [-0.05, 0) is 50.1 Å². The molecule has 1 heterocycles. The molecule has 1 aromatic heterocycles. The van der Waals surface area contributed by atoms with E-state index in [1.807, 2.05) is 44.2 Å². The minimum atomic E-state index is -0.733. The van der Waals surface area contributed by atoms with Crippen LogP contribution in [0, 0.1) is 6.92 Å². The molecule has 124 valence electrons. The molecule has 0 saturated carbocycles. The standard InChI is InChI=1S/C19H17Cl2NO2/c1-12-17(13-7-5-4-6-8-13)18(23)22(24-12)19(2,3)14-9-15(20)11-16(21)10-14/h4-11H,1-3H3. The Morgan fingerprint density at radius 2 is 1.58 bits per heavy atom. The highest BCUT2D eigenvalue weighted by atomic mass is 35.5. The molecule has 0 aliphatic heterocycles. The largest absolute Gasteiger partial charge is 0.380 e. The summed E-state index contributed by atoms with van der Waals surface area (Å²) in [6.07, 6.45) is 0. The van der Waals surface area contributed by atoms with Gasteiger partial charge in [-0.2, -0.15) is 4.74 Å². The van der Waals surface area contributed by atoms with E-state index in [1.165, 1.54) is 4.74 Å². The summed E-state index contributed by atoms with van der Waals surface area (Å²) in [5.74, 6) is 0.576. The Bertz CT molecular complexity index is 919. The van der Waals surface area contributed by atoms with Crippen molar-refractivity contribution in [2.24, 2.45) is 0 Å². The van der Waals surface area contributed by atoms with E-state index < -0.39 is 5.54 Å². The van der Waals surface area contributed by atoms with Gasteiger partial charge in [-0.25, -0.2) is 0 Å². The van der Waals surface area contributed by atoms with Crippen molar-refractivity contribution in [3.63, 3.8) is 0 Å². The third-order valence-electron chi connectivity index (χ3n) is 4.12. The number of nitrogens with zero attached hydrogens (tertiary/aromatic N) is 1. The molecule has 0 atom stereocenters. The maximum Gasteiger partial charge on any atom is 0.291 e. The van der Waals surface area contributed by atoms with Gasteiger partial charge in [-0.15, -0.1) is 0 Å². The summed E-state index contributed by atoms with van der Waals surface area (Å²) in [6, 6.07) is 14.7. The van der Waals surface area contributed by atoms with Gasteiger partial charge in [0.05, 0.1) is 5.56 Å². The highest BCUT2D eigenvalue weighted by molar-refractivity contribution is 6.34. The third kappa shape index (κ3) is 2.90. The summed E-state index contributed by atoms with van der Waals surface area (Å²) in [4.78, 5) is 13.0. The zero-order chi connectivity index (χ0) is 17.5. The first kappa shape index (κ1) is 16.9. The lowest BCUT2D eigenvalue weighted by Gasteiger charge is -2.25. The number of rotatable bonds is 3. The van der Waals surface area contributed by atoms with E-state index in [4.69, 9.17) is 27.7 Å². The summed E-state index contributed by atoms with van der Waals surface area (Å²) >= 11 is 12.2. The summed E-state index contributed by atoms with van der Waals surface area (Å²) in [5.41, 5.74) is 1.29. The summed E-state index contributed by atoms with van der Waals surface area (Å²) in [6.45, 7) is 5.59. The van der Waals surface area contributed by atoms with Crippen LogP contribution in [0.3, 0.4) is 0 Å². The molecule has 0 saturated heterocycles. The van der Waals surface area contributed by atoms with Crippen molar-refractivity contribution in [3.8, 4) is 11.1 Å². The van der Waals surface area contributed by atoms with Crippen LogP contribution in [0.25, 0.3) is 11.1 Å². The maximum absolute atomic E-state index is 13.0. The normalized spacial score (nSPS) is 11.7. The molecule has 0 aliphatic carbocycles. The smallest absolute Gasteiger partial charge is 0.291 e. The van der Waals surface area contributed by atoms with Crippen LogP contribution in [0.1, 0.15) is 25.2 Å². The number of hydrogen-bond donors (Lipinski definition) is 0. The average molecular weight is 362 g/mol. The Labute approximate surface area is 150 Å². The molecule has 24 heavy (non-hydrogen) atoms. The van der Waals surface area contributed by atoms with E-state index in [0.29, 0.717) is 21.4 Å². The van der Waals surface area contributed by atoms with Crippen molar-refractivity contribution >= 4 is 23.2 Å². The van der Waals surface area contributed by atoms with Gasteiger partial charge in [-0.1, -0.05) is 53.5 Å². The topological polar surface area (TPSA) is 35.1 Å². The Hall–Kier alpha value is -1.97. The van der Waals surface area contributed by atoms with Crippen molar-refractivity contribution < 1.29 is 4.52 Å². The van der Waals surface area contributed by atoms with E-state index in [0.717, 1.165) is 11.1 Å². The van der Waals surface area contributed by atoms with Crippen molar-refractivity contribution in [1.82, 2.24) is 4.74 Å². The molecule has 0 spiro atoms. The summed E-state index contributed by atoms with van der Waals surface area (Å²) in [7, 11) is 0. The van der Waals surface area contributed by atoms with E-state index >= 15 is 0 Å². The molecule has 3 aromatic rings. The second kappa shape index (κ2) is 6.15. The monoisotopic (exact) mass is 361 g/mol. The number of aryl methyl sites for hydroxylation is 1. The second-order valence-electron chi connectivity index (χ2n) is 6.21.